The molecule has 6 nitrogen and oxygen atoms in total. The lowest BCUT2D eigenvalue weighted by Gasteiger charge is -2.09. The zero-order valence-electron chi connectivity index (χ0n) is 13.9. The van der Waals surface area contributed by atoms with Gasteiger partial charge in [0.2, 0.25) is 5.91 Å². The molecule has 3 aromatic rings. The lowest BCUT2D eigenvalue weighted by Crippen LogP contribution is -2.42. The van der Waals surface area contributed by atoms with Crippen LogP contribution in [0.2, 0.25) is 5.02 Å². The largest absolute Gasteiger partial charge is 0.277 e. The molecule has 1 heterocycles. The third-order valence-corrected chi connectivity index (χ3v) is 6.16. The molecule has 146 valence electrons. The van der Waals surface area contributed by atoms with Crippen molar-refractivity contribution in [3.8, 4) is 10.6 Å². The Morgan fingerprint density at radius 2 is 1.79 bits per heavy atom. The van der Waals surface area contributed by atoms with Crippen molar-refractivity contribution in [1.29, 1.82) is 0 Å². The van der Waals surface area contributed by atoms with E-state index in [1.807, 2.05) is 4.83 Å². The van der Waals surface area contributed by atoms with Crippen LogP contribution in [0, 0.1) is 11.6 Å². The van der Waals surface area contributed by atoms with E-state index in [1.165, 1.54) is 23.5 Å². The van der Waals surface area contributed by atoms with E-state index in [9.17, 15) is 22.0 Å². The maximum atomic E-state index is 13.0. The van der Waals surface area contributed by atoms with Crippen molar-refractivity contribution in [2.24, 2.45) is 0 Å². The molecule has 11 heteroatoms. The zero-order chi connectivity index (χ0) is 20.3. The summed E-state index contributed by atoms with van der Waals surface area (Å²) < 4.78 is 50.3. The van der Waals surface area contributed by atoms with E-state index in [0.29, 0.717) is 16.3 Å². The number of sulfonamides is 1. The maximum Gasteiger partial charge on any atom is 0.258 e. The van der Waals surface area contributed by atoms with Crippen molar-refractivity contribution in [2.45, 2.75) is 11.3 Å². The molecule has 0 bridgehead atoms. The summed E-state index contributed by atoms with van der Waals surface area (Å²) in [5.74, 6) is -1.71. The van der Waals surface area contributed by atoms with Gasteiger partial charge in [-0.2, -0.15) is 0 Å². The van der Waals surface area contributed by atoms with Crippen LogP contribution in [-0.2, 0) is 21.2 Å². The van der Waals surface area contributed by atoms with Crippen LogP contribution in [0.4, 0.5) is 8.78 Å². The summed E-state index contributed by atoms with van der Waals surface area (Å²) in [5.41, 5.74) is 3.17. The molecule has 0 unspecified atom stereocenters. The Labute approximate surface area is 168 Å². The quantitative estimate of drug-likeness (QED) is 0.572. The molecule has 2 N–H and O–H groups in total. The third-order valence-electron chi connectivity index (χ3n) is 3.49. The summed E-state index contributed by atoms with van der Waals surface area (Å²) in [4.78, 5) is 17.8. The van der Waals surface area contributed by atoms with Gasteiger partial charge in [0.05, 0.1) is 17.1 Å². The van der Waals surface area contributed by atoms with Gasteiger partial charge in [0.1, 0.15) is 21.5 Å². The highest BCUT2D eigenvalue weighted by molar-refractivity contribution is 7.89. The molecule has 0 saturated carbocycles. The average molecular weight is 444 g/mol. The Balaban J connectivity index is 1.62. The molecule has 0 aliphatic rings. The lowest BCUT2D eigenvalue weighted by molar-refractivity contribution is -0.120. The van der Waals surface area contributed by atoms with Gasteiger partial charge in [-0.15, -0.1) is 16.2 Å². The minimum absolute atomic E-state index is 0.183. The number of hydrogen-bond acceptors (Lipinski definition) is 5. The number of nitrogens with zero attached hydrogens (tertiary/aromatic N) is 1. The molecule has 28 heavy (non-hydrogen) atoms. The van der Waals surface area contributed by atoms with Gasteiger partial charge in [-0.05, 0) is 42.5 Å². The SMILES string of the molecule is O=C(Cc1csc(-c2ccc(F)cc2)n1)NNS(=O)(=O)c1ccc(F)cc1Cl. The second-order valence-electron chi connectivity index (χ2n) is 5.56. The Hall–Kier alpha value is -2.40. The summed E-state index contributed by atoms with van der Waals surface area (Å²) in [6.45, 7) is 0. The van der Waals surface area contributed by atoms with Crippen molar-refractivity contribution in [3.63, 3.8) is 0 Å². The van der Waals surface area contributed by atoms with Crippen LogP contribution < -0.4 is 10.3 Å². The van der Waals surface area contributed by atoms with Gasteiger partial charge < -0.3 is 0 Å². The lowest BCUT2D eigenvalue weighted by atomic mass is 10.2. The Morgan fingerprint density at radius 1 is 1.11 bits per heavy atom. The highest BCUT2D eigenvalue weighted by atomic mass is 35.5. The summed E-state index contributed by atoms with van der Waals surface area (Å²) in [5, 5.41) is 1.93. The van der Waals surface area contributed by atoms with Crippen molar-refractivity contribution in [1.82, 2.24) is 15.2 Å². The molecular weight excluding hydrogens is 432 g/mol. The fraction of sp³-hybridized carbons (Fsp3) is 0.0588. The van der Waals surface area contributed by atoms with Crippen LogP contribution in [-0.4, -0.2) is 19.3 Å². The van der Waals surface area contributed by atoms with E-state index in [-0.39, 0.29) is 22.2 Å². The number of rotatable bonds is 6. The highest BCUT2D eigenvalue weighted by Crippen LogP contribution is 2.24. The summed E-state index contributed by atoms with van der Waals surface area (Å²) in [7, 11) is -4.17. The smallest absolute Gasteiger partial charge is 0.258 e. The van der Waals surface area contributed by atoms with Crippen molar-refractivity contribution >= 4 is 38.9 Å². The molecule has 0 aliphatic carbocycles. The fourth-order valence-electron chi connectivity index (χ4n) is 2.19. The number of halogens is 3. The van der Waals surface area contributed by atoms with Crippen LogP contribution in [0.15, 0.2) is 52.7 Å². The van der Waals surface area contributed by atoms with Crippen LogP contribution in [0.1, 0.15) is 5.69 Å². The zero-order valence-corrected chi connectivity index (χ0v) is 16.3. The molecule has 3 rings (SSSR count). The Kier molecular flexibility index (Phi) is 6.04. The molecule has 0 saturated heterocycles. The number of benzene rings is 2. The first-order valence-corrected chi connectivity index (χ1v) is 10.4. The number of nitrogens with one attached hydrogen (secondary N) is 2. The first-order valence-electron chi connectivity index (χ1n) is 7.70. The maximum absolute atomic E-state index is 13.0. The van der Waals surface area contributed by atoms with Crippen molar-refractivity contribution in [3.05, 3.63) is 70.2 Å². The highest BCUT2D eigenvalue weighted by Gasteiger charge is 2.19. The summed E-state index contributed by atoms with van der Waals surface area (Å²) in [6.07, 6.45) is -0.183. The minimum Gasteiger partial charge on any atom is -0.277 e. The first kappa shape index (κ1) is 20.3. The van der Waals surface area contributed by atoms with Crippen LogP contribution in [0.25, 0.3) is 10.6 Å². The predicted octanol–water partition coefficient (Wildman–Crippen LogP) is 3.29. The molecule has 0 atom stereocenters. The average Bonchev–Trinajstić information content (AvgIpc) is 3.09. The topological polar surface area (TPSA) is 88.2 Å². The van der Waals surface area contributed by atoms with E-state index in [0.717, 1.165) is 18.2 Å². The molecule has 2 aromatic carbocycles. The normalized spacial score (nSPS) is 11.4. The van der Waals surface area contributed by atoms with Crippen molar-refractivity contribution < 1.29 is 22.0 Å². The molecule has 1 amide bonds. The second-order valence-corrected chi connectivity index (χ2v) is 8.47. The van der Waals surface area contributed by atoms with Gasteiger partial charge in [0.25, 0.3) is 10.0 Å². The monoisotopic (exact) mass is 443 g/mol. The van der Waals surface area contributed by atoms with Gasteiger partial charge in [0.15, 0.2) is 0 Å². The number of carbonyl (C=O) groups excluding carboxylic acids is 1. The molecule has 0 radical (unpaired) electrons. The predicted molar refractivity (Wildman–Crippen MR) is 101 cm³/mol. The standard InChI is InChI=1S/C17H12ClF2N3O3S2/c18-14-7-12(20)5-6-15(14)28(25,26)23-22-16(24)8-13-9-27-17(21-13)10-1-3-11(19)4-2-10/h1-7,9,23H,8H2,(H,22,24). The van der Waals surface area contributed by atoms with E-state index in [4.69, 9.17) is 11.6 Å². The van der Waals surface area contributed by atoms with Gasteiger partial charge in [0, 0.05) is 10.9 Å². The molecule has 0 fully saturated rings. The number of amides is 1. The fourth-order valence-corrected chi connectivity index (χ4v) is 4.41. The molecule has 1 aromatic heterocycles. The first-order chi connectivity index (χ1) is 13.2. The van der Waals surface area contributed by atoms with Crippen LogP contribution >= 0.6 is 22.9 Å². The Bertz CT molecular complexity index is 1120. The van der Waals surface area contributed by atoms with Gasteiger partial charge in [-0.25, -0.2) is 22.2 Å². The number of hydrogen-bond donors (Lipinski definition) is 2. The number of aromatic nitrogens is 1. The van der Waals surface area contributed by atoms with Gasteiger partial charge in [-0.1, -0.05) is 11.6 Å². The Morgan fingerprint density at radius 3 is 2.46 bits per heavy atom. The van der Waals surface area contributed by atoms with Crippen LogP contribution in [0.5, 0.6) is 0 Å². The second kappa shape index (κ2) is 8.31. The third kappa shape index (κ3) is 4.90. The summed E-state index contributed by atoms with van der Waals surface area (Å²) >= 11 is 7.00. The summed E-state index contributed by atoms with van der Waals surface area (Å²) in [6, 6.07) is 8.52. The van der Waals surface area contributed by atoms with Crippen LogP contribution in [0.3, 0.4) is 0 Å². The number of thiazole rings is 1. The molecule has 0 spiro atoms. The number of hydrazine groups is 1. The molecular formula is C17H12ClF2N3O3S2. The van der Waals surface area contributed by atoms with Gasteiger partial charge in [-0.3, -0.25) is 10.2 Å². The van der Waals surface area contributed by atoms with E-state index in [2.05, 4.69) is 10.4 Å². The molecule has 0 aliphatic heterocycles. The van der Waals surface area contributed by atoms with Gasteiger partial charge >= 0.3 is 0 Å². The van der Waals surface area contributed by atoms with E-state index < -0.39 is 21.7 Å². The van der Waals surface area contributed by atoms with Crippen molar-refractivity contribution in [2.75, 3.05) is 0 Å². The number of carbonyl (C=O) groups is 1. The van der Waals surface area contributed by atoms with E-state index >= 15 is 0 Å². The minimum atomic E-state index is -4.17. The van der Waals surface area contributed by atoms with E-state index in [1.54, 1.807) is 17.5 Å².